The van der Waals surface area contributed by atoms with E-state index in [0.29, 0.717) is 24.7 Å². The van der Waals surface area contributed by atoms with Crippen LogP contribution in [-0.2, 0) is 9.83 Å². The summed E-state index contributed by atoms with van der Waals surface area (Å²) in [6, 6.07) is 4.66. The molecule has 0 aromatic heterocycles. The zero-order valence-electron chi connectivity index (χ0n) is 8.52. The molecule has 1 aliphatic heterocycles. The zero-order valence-corrected chi connectivity index (χ0v) is 8.52. The number of halogens is 1. The van der Waals surface area contributed by atoms with Crippen LogP contribution in [0.4, 0.5) is 10.2 Å². The molecule has 1 saturated heterocycles. The predicted molar refractivity (Wildman–Crippen MR) is 53.5 cm³/mol. The molecule has 1 aromatic carbocycles. The lowest BCUT2D eigenvalue weighted by molar-refractivity contribution is -0.368. The Labute approximate surface area is 91.7 Å². The van der Waals surface area contributed by atoms with Gasteiger partial charge in [0.1, 0.15) is 6.10 Å². The van der Waals surface area contributed by atoms with Gasteiger partial charge < -0.3 is 20.1 Å². The van der Waals surface area contributed by atoms with Crippen molar-refractivity contribution < 1.29 is 24.0 Å². The molecule has 16 heavy (non-hydrogen) atoms. The molecule has 88 valence electrons. The fraction of sp³-hybridized carbons (Fsp3) is 0.400. The Balaban J connectivity index is 2.11. The number of nitrogens with two attached hydrogens (primary N) is 1. The van der Waals surface area contributed by atoms with E-state index < -0.39 is 0 Å². The van der Waals surface area contributed by atoms with Crippen molar-refractivity contribution >= 4 is 5.69 Å². The highest BCUT2D eigenvalue weighted by molar-refractivity contribution is 5.51. The Morgan fingerprint density at radius 1 is 1.38 bits per heavy atom. The first-order valence-corrected chi connectivity index (χ1v) is 4.89. The van der Waals surface area contributed by atoms with E-state index in [2.05, 4.69) is 9.98 Å². The second kappa shape index (κ2) is 5.00. The minimum absolute atomic E-state index is 0.0504. The summed E-state index contributed by atoms with van der Waals surface area (Å²) in [5.41, 5.74) is 5.96. The van der Waals surface area contributed by atoms with Crippen molar-refractivity contribution in [2.75, 3.05) is 18.9 Å². The average molecular weight is 229 g/mol. The molecule has 6 heteroatoms. The largest absolute Gasteiger partial charge is 0.484 e. The van der Waals surface area contributed by atoms with Crippen molar-refractivity contribution in [1.29, 1.82) is 0 Å². The van der Waals surface area contributed by atoms with E-state index >= 15 is 0 Å². The van der Waals surface area contributed by atoms with Crippen LogP contribution in [0.2, 0.25) is 0 Å². The van der Waals surface area contributed by atoms with E-state index in [1.54, 1.807) is 12.1 Å². The molecule has 1 heterocycles. The maximum Gasteiger partial charge on any atom is 0.212 e. The summed E-state index contributed by atoms with van der Waals surface area (Å²) in [5, 5.41) is 3.12. The number of ether oxygens (including phenoxy) is 2. The van der Waals surface area contributed by atoms with Gasteiger partial charge in [-0.2, -0.15) is 0 Å². The summed E-state index contributed by atoms with van der Waals surface area (Å²) >= 11 is 0. The highest BCUT2D eigenvalue weighted by Gasteiger charge is 2.19. The molecule has 1 aliphatic rings. The van der Waals surface area contributed by atoms with Crippen LogP contribution in [0.3, 0.4) is 0 Å². The monoisotopic (exact) mass is 229 g/mol. The van der Waals surface area contributed by atoms with Crippen molar-refractivity contribution in [2.24, 2.45) is 0 Å². The standard InChI is InChI=1S/C10H12FNO4/c11-16-15-10-5-7(12)1-2-9(10)14-8-3-4-13-6-8/h1-2,5,8H,3-4,6,12H2. The molecule has 0 bridgehead atoms. The third-order valence-corrected chi connectivity index (χ3v) is 2.27. The van der Waals surface area contributed by atoms with Gasteiger partial charge in [-0.15, -0.1) is 0 Å². The van der Waals surface area contributed by atoms with Crippen molar-refractivity contribution in [3.8, 4) is 11.5 Å². The fourth-order valence-corrected chi connectivity index (χ4v) is 1.51. The molecule has 1 unspecified atom stereocenters. The molecule has 0 spiro atoms. The lowest BCUT2D eigenvalue weighted by Gasteiger charge is -2.14. The SMILES string of the molecule is Nc1ccc(OC2CCOC2)c(OOF)c1. The van der Waals surface area contributed by atoms with Crippen LogP contribution >= 0.6 is 0 Å². The van der Waals surface area contributed by atoms with Crippen molar-refractivity contribution in [1.82, 2.24) is 0 Å². The van der Waals surface area contributed by atoms with E-state index in [0.717, 1.165) is 6.42 Å². The van der Waals surface area contributed by atoms with Gasteiger partial charge in [0.05, 0.1) is 13.2 Å². The zero-order chi connectivity index (χ0) is 11.4. The molecule has 1 aromatic rings. The van der Waals surface area contributed by atoms with Gasteiger partial charge in [-0.3, -0.25) is 0 Å². The molecule has 2 N–H and O–H groups in total. The van der Waals surface area contributed by atoms with E-state index in [4.69, 9.17) is 15.2 Å². The van der Waals surface area contributed by atoms with Crippen LogP contribution in [0.1, 0.15) is 6.42 Å². The minimum Gasteiger partial charge on any atom is -0.484 e. The number of anilines is 1. The van der Waals surface area contributed by atoms with Gasteiger partial charge in [0.25, 0.3) is 0 Å². The number of rotatable bonds is 4. The summed E-state index contributed by atoms with van der Waals surface area (Å²) in [5.74, 6) is 0.483. The van der Waals surface area contributed by atoms with Gasteiger partial charge in [-0.25, -0.2) is 0 Å². The number of benzene rings is 1. The van der Waals surface area contributed by atoms with E-state index in [1.165, 1.54) is 6.07 Å². The van der Waals surface area contributed by atoms with Crippen LogP contribution in [0.5, 0.6) is 11.5 Å². The molecular weight excluding hydrogens is 217 g/mol. The third-order valence-electron chi connectivity index (χ3n) is 2.27. The molecule has 1 fully saturated rings. The van der Waals surface area contributed by atoms with Gasteiger partial charge in [0, 0.05) is 23.3 Å². The topological polar surface area (TPSA) is 62.9 Å². The molecular formula is C10H12FNO4. The minimum atomic E-state index is -0.0504. The number of nitrogen functional groups attached to an aromatic ring is 1. The normalized spacial score (nSPS) is 19.7. The summed E-state index contributed by atoms with van der Waals surface area (Å²) in [4.78, 5) is 4.32. The van der Waals surface area contributed by atoms with Gasteiger partial charge in [0.2, 0.25) is 5.75 Å². The Morgan fingerprint density at radius 3 is 2.94 bits per heavy atom. The first kappa shape index (κ1) is 11.0. The van der Waals surface area contributed by atoms with Gasteiger partial charge in [-0.05, 0) is 16.7 Å². The molecule has 0 aliphatic carbocycles. The summed E-state index contributed by atoms with van der Waals surface area (Å²) in [6.45, 7) is 1.18. The summed E-state index contributed by atoms with van der Waals surface area (Å²) in [7, 11) is 0. The van der Waals surface area contributed by atoms with Crippen molar-refractivity contribution in [2.45, 2.75) is 12.5 Å². The Morgan fingerprint density at radius 2 is 2.25 bits per heavy atom. The molecule has 0 amide bonds. The van der Waals surface area contributed by atoms with Crippen LogP contribution < -0.4 is 15.4 Å². The predicted octanol–water partition coefficient (Wildman–Crippen LogP) is 1.63. The van der Waals surface area contributed by atoms with Crippen molar-refractivity contribution in [3.05, 3.63) is 18.2 Å². The highest BCUT2D eigenvalue weighted by Crippen LogP contribution is 2.31. The van der Waals surface area contributed by atoms with Crippen LogP contribution in [0, 0.1) is 0 Å². The first-order valence-electron chi connectivity index (χ1n) is 4.89. The van der Waals surface area contributed by atoms with E-state index in [9.17, 15) is 4.53 Å². The molecule has 1 atom stereocenters. The van der Waals surface area contributed by atoms with Gasteiger partial charge in [0.15, 0.2) is 5.75 Å². The highest BCUT2D eigenvalue weighted by atomic mass is 19.3. The van der Waals surface area contributed by atoms with E-state index in [-0.39, 0.29) is 11.9 Å². The van der Waals surface area contributed by atoms with Crippen LogP contribution in [-0.4, -0.2) is 19.3 Å². The van der Waals surface area contributed by atoms with Gasteiger partial charge in [-0.1, -0.05) is 0 Å². The van der Waals surface area contributed by atoms with Crippen LogP contribution in [0.25, 0.3) is 0 Å². The third kappa shape index (κ3) is 2.53. The molecule has 0 radical (unpaired) electrons. The first-order chi connectivity index (χ1) is 7.79. The van der Waals surface area contributed by atoms with Crippen molar-refractivity contribution in [3.63, 3.8) is 0 Å². The number of hydrogen-bond acceptors (Lipinski definition) is 5. The summed E-state index contributed by atoms with van der Waals surface area (Å²) < 4.78 is 22.4. The van der Waals surface area contributed by atoms with Gasteiger partial charge >= 0.3 is 0 Å². The molecule has 5 nitrogen and oxygen atoms in total. The Kier molecular flexibility index (Phi) is 3.43. The lowest BCUT2D eigenvalue weighted by Crippen LogP contribution is -2.16. The van der Waals surface area contributed by atoms with E-state index in [1.807, 2.05) is 0 Å². The quantitative estimate of drug-likeness (QED) is 0.483. The molecule has 2 rings (SSSR count). The lowest BCUT2D eigenvalue weighted by atomic mass is 10.2. The fourth-order valence-electron chi connectivity index (χ4n) is 1.51. The Bertz CT molecular complexity index is 355. The smallest absolute Gasteiger partial charge is 0.212 e. The number of hydrogen-bond donors (Lipinski definition) is 1. The van der Waals surface area contributed by atoms with Crippen LogP contribution in [0.15, 0.2) is 18.2 Å². The average Bonchev–Trinajstić information content (AvgIpc) is 2.75. The maximum absolute atomic E-state index is 11.7. The second-order valence-corrected chi connectivity index (χ2v) is 3.46. The molecule has 0 saturated carbocycles. The maximum atomic E-state index is 11.7. The Hall–Kier alpha value is -1.53. The second-order valence-electron chi connectivity index (χ2n) is 3.46. The summed E-state index contributed by atoms with van der Waals surface area (Å²) in [6.07, 6.45) is 0.742.